The average molecular weight is 505 g/mol. The van der Waals surface area contributed by atoms with E-state index in [2.05, 4.69) is 10.3 Å². The van der Waals surface area contributed by atoms with Crippen molar-refractivity contribution >= 4 is 15.9 Å². The second-order valence-corrected chi connectivity index (χ2v) is 11.0. The number of rotatable bonds is 6. The average Bonchev–Trinajstić information content (AvgIpc) is 3.31. The maximum absolute atomic E-state index is 13.2. The smallest absolute Gasteiger partial charge is 0.242 e. The maximum Gasteiger partial charge on any atom is 0.242 e. The Labute approximate surface area is 205 Å². The number of aryl methyl sites for hydroxylation is 1. The number of aliphatic hydroxyl groups excluding tert-OH is 1. The molecule has 0 fully saturated rings. The summed E-state index contributed by atoms with van der Waals surface area (Å²) in [4.78, 5) is 14.6. The highest BCUT2D eigenvalue weighted by atomic mass is 32.2. The summed E-state index contributed by atoms with van der Waals surface area (Å²) in [7, 11) is -2.43. The fourth-order valence-electron chi connectivity index (χ4n) is 3.95. The molecule has 1 amide bonds. The number of sulfonamides is 1. The van der Waals surface area contributed by atoms with Gasteiger partial charge in [-0.3, -0.25) is 9.48 Å². The van der Waals surface area contributed by atoms with Crippen molar-refractivity contribution in [3.8, 4) is 6.07 Å². The summed E-state index contributed by atoms with van der Waals surface area (Å²) >= 11 is 0. The Morgan fingerprint density at radius 1 is 1.40 bits per heavy atom. The Hall–Kier alpha value is -2.85. The van der Waals surface area contributed by atoms with Crippen molar-refractivity contribution in [2.45, 2.75) is 56.9 Å². The van der Waals surface area contributed by atoms with Crippen LogP contribution in [0.4, 0.5) is 0 Å². The lowest BCUT2D eigenvalue weighted by atomic mass is 10.0. The van der Waals surface area contributed by atoms with Crippen LogP contribution in [0.1, 0.15) is 37.9 Å². The molecule has 0 radical (unpaired) electrons. The van der Waals surface area contributed by atoms with Gasteiger partial charge in [0.1, 0.15) is 5.69 Å². The van der Waals surface area contributed by atoms with Gasteiger partial charge in [-0.15, -0.1) is 5.10 Å². The summed E-state index contributed by atoms with van der Waals surface area (Å²) in [5, 5.41) is 27.0. The fourth-order valence-corrected chi connectivity index (χ4v) is 5.18. The minimum absolute atomic E-state index is 0.0178. The predicted molar refractivity (Wildman–Crippen MR) is 126 cm³/mol. The number of aliphatic hydroxyl groups is 1. The minimum Gasteiger partial charge on any atom is -0.394 e. The molecule has 190 valence electrons. The molecule has 0 unspecified atom stereocenters. The number of nitriles is 1. The molecule has 2 aromatic rings. The van der Waals surface area contributed by atoms with Crippen molar-refractivity contribution in [3.05, 3.63) is 41.7 Å². The first kappa shape index (κ1) is 26.7. The van der Waals surface area contributed by atoms with Gasteiger partial charge in [0.25, 0.3) is 0 Å². The van der Waals surface area contributed by atoms with E-state index in [1.54, 1.807) is 28.8 Å². The third-order valence-corrected chi connectivity index (χ3v) is 7.97. The first-order valence-electron chi connectivity index (χ1n) is 11.5. The fraction of sp³-hybridized carbons (Fsp3) is 0.565. The lowest BCUT2D eigenvalue weighted by Crippen LogP contribution is -2.47. The van der Waals surface area contributed by atoms with E-state index in [1.807, 2.05) is 13.0 Å². The van der Waals surface area contributed by atoms with Crippen LogP contribution in [0.5, 0.6) is 0 Å². The van der Waals surface area contributed by atoms with E-state index in [0.717, 1.165) is 0 Å². The zero-order valence-electron chi connectivity index (χ0n) is 20.2. The summed E-state index contributed by atoms with van der Waals surface area (Å²) < 4.78 is 35.4. The molecule has 2 heterocycles. The number of hydrogen-bond donors (Lipinski definition) is 1. The van der Waals surface area contributed by atoms with E-state index in [4.69, 9.17) is 10.00 Å². The number of aromatic nitrogens is 3. The van der Waals surface area contributed by atoms with Gasteiger partial charge in [0.15, 0.2) is 0 Å². The molecule has 11 nitrogen and oxygen atoms in total. The summed E-state index contributed by atoms with van der Waals surface area (Å²) in [6, 6.07) is 7.42. The number of fused-ring (bicyclic) bond motifs is 2. The van der Waals surface area contributed by atoms with Crippen molar-refractivity contribution in [3.63, 3.8) is 0 Å². The first-order chi connectivity index (χ1) is 16.6. The molecule has 3 atom stereocenters. The van der Waals surface area contributed by atoms with Crippen molar-refractivity contribution in [2.24, 2.45) is 5.92 Å². The Bertz CT molecular complexity index is 1160. The highest BCUT2D eigenvalue weighted by Gasteiger charge is 2.31. The molecule has 1 aromatic heterocycles. The molecule has 1 aliphatic heterocycles. The van der Waals surface area contributed by atoms with E-state index >= 15 is 0 Å². The van der Waals surface area contributed by atoms with Crippen molar-refractivity contribution in [2.75, 3.05) is 26.7 Å². The number of carbonyl (C=O) groups is 1. The molecule has 12 heteroatoms. The number of amides is 1. The topological polar surface area (TPSA) is 142 Å². The normalized spacial score (nSPS) is 21.0. The Morgan fingerprint density at radius 3 is 2.89 bits per heavy atom. The molecule has 0 saturated carbocycles. The molecule has 1 aromatic carbocycles. The zero-order valence-corrected chi connectivity index (χ0v) is 21.1. The van der Waals surface area contributed by atoms with Crippen LogP contribution >= 0.6 is 0 Å². The molecule has 35 heavy (non-hydrogen) atoms. The quantitative estimate of drug-likeness (QED) is 0.614. The molecular weight excluding hydrogens is 472 g/mol. The summed E-state index contributed by atoms with van der Waals surface area (Å²) in [5.74, 6) is -0.349. The Morgan fingerprint density at radius 2 is 2.17 bits per heavy atom. The molecule has 0 aliphatic carbocycles. The maximum atomic E-state index is 13.2. The second kappa shape index (κ2) is 11.7. The van der Waals surface area contributed by atoms with Crippen molar-refractivity contribution < 1.29 is 23.1 Å². The predicted octanol–water partition coefficient (Wildman–Crippen LogP) is 0.995. The zero-order chi connectivity index (χ0) is 25.6. The van der Waals surface area contributed by atoms with Gasteiger partial charge in [-0.2, -0.15) is 9.57 Å². The third-order valence-electron chi connectivity index (χ3n) is 6.15. The van der Waals surface area contributed by atoms with Gasteiger partial charge in [-0.1, -0.05) is 18.2 Å². The first-order valence-corrected chi connectivity index (χ1v) is 13.0. The number of nitrogens with zero attached hydrogens (tertiary/aromatic N) is 6. The van der Waals surface area contributed by atoms with Crippen LogP contribution in [0.25, 0.3) is 0 Å². The molecule has 0 saturated heterocycles. The molecule has 1 N–H and O–H groups in total. The highest BCUT2D eigenvalue weighted by molar-refractivity contribution is 7.89. The number of benzene rings is 1. The van der Waals surface area contributed by atoms with Crippen LogP contribution in [0.2, 0.25) is 0 Å². The number of carbonyl (C=O) groups excluding carboxylic acids is 1. The Kier molecular flexibility index (Phi) is 8.96. The molecule has 3 rings (SSSR count). The highest BCUT2D eigenvalue weighted by Crippen LogP contribution is 2.21. The molecule has 0 spiro atoms. The monoisotopic (exact) mass is 504 g/mol. The van der Waals surface area contributed by atoms with Crippen LogP contribution in [0.15, 0.2) is 35.4 Å². The lowest BCUT2D eigenvalue weighted by molar-refractivity contribution is -0.136. The van der Waals surface area contributed by atoms with E-state index in [-0.39, 0.29) is 48.1 Å². The van der Waals surface area contributed by atoms with Gasteiger partial charge < -0.3 is 14.7 Å². The van der Waals surface area contributed by atoms with Crippen LogP contribution in [0, 0.1) is 17.2 Å². The summed E-state index contributed by atoms with van der Waals surface area (Å²) in [6.45, 7) is 4.47. The van der Waals surface area contributed by atoms with Gasteiger partial charge in [-0.05, 0) is 31.5 Å². The van der Waals surface area contributed by atoms with Gasteiger partial charge in [-0.25, -0.2) is 8.42 Å². The molecular formula is C23H32N6O5S. The third kappa shape index (κ3) is 6.64. The van der Waals surface area contributed by atoms with Gasteiger partial charge in [0, 0.05) is 39.0 Å². The van der Waals surface area contributed by atoms with Gasteiger partial charge >= 0.3 is 0 Å². The van der Waals surface area contributed by atoms with Gasteiger partial charge in [0.05, 0.1) is 48.1 Å². The number of ether oxygens (including phenoxy) is 1. The van der Waals surface area contributed by atoms with Crippen LogP contribution < -0.4 is 0 Å². The van der Waals surface area contributed by atoms with E-state index in [9.17, 15) is 18.3 Å². The number of hydrogen-bond acceptors (Lipinski definition) is 8. The summed E-state index contributed by atoms with van der Waals surface area (Å²) in [5.41, 5.74) is 0.863. The SMILES string of the molecule is C[C@@H]1CN([C@H](C)CO)C(=O)CCCn2cc(nn2)CO[C@@H]1CN(C)S(=O)(=O)c1cccc(C#N)c1. The van der Waals surface area contributed by atoms with Crippen LogP contribution in [-0.4, -0.2) is 82.5 Å². The van der Waals surface area contributed by atoms with Crippen LogP contribution in [0.3, 0.4) is 0 Å². The number of likely N-dealkylation sites (N-methyl/N-ethyl adjacent to an activating group) is 1. The van der Waals surface area contributed by atoms with E-state index in [1.165, 1.54) is 29.6 Å². The lowest BCUT2D eigenvalue weighted by Gasteiger charge is -2.35. The Balaban J connectivity index is 1.87. The van der Waals surface area contributed by atoms with Crippen LogP contribution in [-0.2, 0) is 32.7 Å². The van der Waals surface area contributed by atoms with Crippen molar-refractivity contribution in [1.29, 1.82) is 5.26 Å². The second-order valence-electron chi connectivity index (χ2n) is 8.91. The largest absolute Gasteiger partial charge is 0.394 e. The van der Waals surface area contributed by atoms with Gasteiger partial charge in [0.2, 0.25) is 15.9 Å². The standard InChI is InChI=1S/C23H32N6O5S/c1-17-12-29(18(2)15-30)23(31)8-5-9-28-13-20(25-26-28)16-34-22(17)14-27(3)35(32,33)21-7-4-6-19(10-21)11-24/h4,6-7,10,13,17-18,22,30H,5,8-9,12,14-16H2,1-3H3/t17-,18-,22-/m1/s1. The van der Waals surface area contributed by atoms with E-state index < -0.39 is 16.1 Å². The van der Waals surface area contributed by atoms with E-state index in [0.29, 0.717) is 31.6 Å². The molecule has 1 aliphatic rings. The summed E-state index contributed by atoms with van der Waals surface area (Å²) in [6.07, 6.45) is 2.05. The molecule has 2 bridgehead atoms. The van der Waals surface area contributed by atoms with Crippen molar-refractivity contribution in [1.82, 2.24) is 24.2 Å². The minimum atomic E-state index is -3.89.